The zero-order chi connectivity index (χ0) is 18.2. The van der Waals surface area contributed by atoms with Crippen LogP contribution in [0.5, 0.6) is 11.5 Å². The Balaban J connectivity index is 1.97. The van der Waals surface area contributed by atoms with Crippen molar-refractivity contribution in [2.75, 3.05) is 18.9 Å². The zero-order valence-electron chi connectivity index (χ0n) is 13.8. The van der Waals surface area contributed by atoms with Crippen LogP contribution in [0.4, 0.5) is 5.69 Å². The van der Waals surface area contributed by atoms with Gasteiger partial charge in [-0.2, -0.15) is 0 Å². The lowest BCUT2D eigenvalue weighted by molar-refractivity contribution is 0.354. The van der Waals surface area contributed by atoms with Gasteiger partial charge in [0, 0.05) is 19.2 Å². The summed E-state index contributed by atoms with van der Waals surface area (Å²) >= 11 is 0. The minimum Gasteiger partial charge on any atom is -0.493 e. The summed E-state index contributed by atoms with van der Waals surface area (Å²) in [5.74, 6) is 0.207. The van der Waals surface area contributed by atoms with Crippen molar-refractivity contribution in [3.05, 3.63) is 46.9 Å². The van der Waals surface area contributed by atoms with E-state index in [1.807, 2.05) is 0 Å². The Morgan fingerprint density at radius 2 is 1.76 bits per heavy atom. The quantitative estimate of drug-likeness (QED) is 0.743. The number of aryl methyl sites for hydroxylation is 1. The molecule has 2 aromatic carbocycles. The Labute approximate surface area is 143 Å². The number of fused-ring (bicyclic) bond motifs is 1. The van der Waals surface area contributed by atoms with Crippen LogP contribution < -0.4 is 20.0 Å². The number of anilines is 1. The molecule has 132 valence electrons. The average molecular weight is 364 g/mol. The Morgan fingerprint density at radius 1 is 1.04 bits per heavy atom. The molecular formula is C16H16N2O6S. The summed E-state index contributed by atoms with van der Waals surface area (Å²) in [7, 11) is 0.605. The summed E-state index contributed by atoms with van der Waals surface area (Å²) in [5.41, 5.74) is 1.13. The summed E-state index contributed by atoms with van der Waals surface area (Å²) in [5, 5.41) is 0. The van der Waals surface area contributed by atoms with Gasteiger partial charge < -0.3 is 13.9 Å². The van der Waals surface area contributed by atoms with Crippen molar-refractivity contribution >= 4 is 26.8 Å². The van der Waals surface area contributed by atoms with Crippen molar-refractivity contribution in [3.8, 4) is 11.5 Å². The predicted octanol–water partition coefficient (Wildman–Crippen LogP) is 1.95. The first-order valence-corrected chi connectivity index (χ1v) is 8.68. The second-order valence-electron chi connectivity index (χ2n) is 5.23. The molecule has 0 spiro atoms. The number of ether oxygens (including phenoxy) is 2. The molecule has 8 nitrogen and oxygen atoms in total. The molecule has 0 bridgehead atoms. The van der Waals surface area contributed by atoms with Crippen molar-refractivity contribution in [2.45, 2.75) is 4.90 Å². The maximum absolute atomic E-state index is 12.6. The van der Waals surface area contributed by atoms with Gasteiger partial charge in [0.15, 0.2) is 17.1 Å². The average Bonchev–Trinajstić information content (AvgIpc) is 2.87. The second-order valence-corrected chi connectivity index (χ2v) is 6.91. The number of aromatic nitrogens is 1. The summed E-state index contributed by atoms with van der Waals surface area (Å²) < 4.78 is 44.2. The van der Waals surface area contributed by atoms with Crippen LogP contribution in [0.1, 0.15) is 0 Å². The minimum absolute atomic E-state index is 0.0137. The van der Waals surface area contributed by atoms with Crippen molar-refractivity contribution in [3.63, 3.8) is 0 Å². The Hall–Kier alpha value is -2.94. The number of rotatable bonds is 5. The fourth-order valence-electron chi connectivity index (χ4n) is 2.40. The van der Waals surface area contributed by atoms with Crippen molar-refractivity contribution < 1.29 is 22.3 Å². The molecule has 0 aliphatic rings. The fraction of sp³-hybridized carbons (Fsp3) is 0.188. The van der Waals surface area contributed by atoms with Gasteiger partial charge in [-0.05, 0) is 24.3 Å². The highest BCUT2D eigenvalue weighted by molar-refractivity contribution is 7.92. The van der Waals surface area contributed by atoms with Crippen molar-refractivity contribution in [1.29, 1.82) is 0 Å². The van der Waals surface area contributed by atoms with E-state index in [0.717, 1.165) is 0 Å². The molecule has 3 aromatic rings. The molecule has 0 amide bonds. The normalized spacial score (nSPS) is 11.5. The molecule has 1 aromatic heterocycles. The van der Waals surface area contributed by atoms with Crippen LogP contribution in [0.25, 0.3) is 11.1 Å². The standard InChI is InChI=1S/C16H16N2O6S/c1-18-12-6-4-10(8-14(12)24-16(18)19)17-25(20,21)11-5-7-13(22-2)15(9-11)23-3/h4-9,17H,1-3H3. The number of benzene rings is 2. The van der Waals surface area contributed by atoms with Crippen LogP contribution in [0.2, 0.25) is 0 Å². The second kappa shape index (κ2) is 6.17. The molecule has 0 saturated heterocycles. The van der Waals surface area contributed by atoms with E-state index in [9.17, 15) is 13.2 Å². The van der Waals surface area contributed by atoms with Gasteiger partial charge in [-0.1, -0.05) is 0 Å². The first-order chi connectivity index (χ1) is 11.9. The molecule has 0 atom stereocenters. The Morgan fingerprint density at radius 3 is 2.44 bits per heavy atom. The summed E-state index contributed by atoms with van der Waals surface area (Å²) in [6, 6.07) is 8.89. The van der Waals surface area contributed by atoms with Gasteiger partial charge in [-0.15, -0.1) is 0 Å². The molecule has 1 N–H and O–H groups in total. The largest absolute Gasteiger partial charge is 0.493 e. The topological polar surface area (TPSA) is 99.8 Å². The van der Waals surface area contributed by atoms with E-state index in [1.54, 1.807) is 19.2 Å². The molecule has 0 saturated carbocycles. The first-order valence-electron chi connectivity index (χ1n) is 7.20. The number of methoxy groups -OCH3 is 2. The number of hydrogen-bond acceptors (Lipinski definition) is 6. The highest BCUT2D eigenvalue weighted by Crippen LogP contribution is 2.30. The van der Waals surface area contributed by atoms with E-state index >= 15 is 0 Å². The van der Waals surface area contributed by atoms with Gasteiger partial charge in [-0.3, -0.25) is 9.29 Å². The van der Waals surface area contributed by atoms with Crippen LogP contribution in [-0.4, -0.2) is 27.2 Å². The first kappa shape index (κ1) is 16.9. The van der Waals surface area contributed by atoms with E-state index in [1.165, 1.54) is 43.1 Å². The number of nitrogens with one attached hydrogen (secondary N) is 1. The summed E-state index contributed by atoms with van der Waals surface area (Å²) in [4.78, 5) is 11.5. The SMILES string of the molecule is COc1ccc(S(=O)(=O)Nc2ccc3c(c2)oc(=O)n3C)cc1OC. The van der Waals surface area contributed by atoms with Crippen LogP contribution in [0.15, 0.2) is 50.5 Å². The van der Waals surface area contributed by atoms with E-state index in [0.29, 0.717) is 22.6 Å². The van der Waals surface area contributed by atoms with Gasteiger partial charge in [0.1, 0.15) is 0 Å². The summed E-state index contributed by atoms with van der Waals surface area (Å²) in [6.07, 6.45) is 0. The molecule has 25 heavy (non-hydrogen) atoms. The molecule has 3 rings (SSSR count). The highest BCUT2D eigenvalue weighted by Gasteiger charge is 2.18. The Kier molecular flexibility index (Phi) is 4.17. The molecule has 0 fully saturated rings. The van der Waals surface area contributed by atoms with E-state index in [4.69, 9.17) is 13.9 Å². The molecule has 0 aliphatic heterocycles. The van der Waals surface area contributed by atoms with Gasteiger partial charge in [0.25, 0.3) is 10.0 Å². The Bertz CT molecular complexity index is 1100. The number of sulfonamides is 1. The molecule has 9 heteroatoms. The van der Waals surface area contributed by atoms with Crippen LogP contribution in [0, 0.1) is 0 Å². The predicted molar refractivity (Wildman–Crippen MR) is 91.8 cm³/mol. The van der Waals surface area contributed by atoms with E-state index < -0.39 is 15.8 Å². The van der Waals surface area contributed by atoms with Crippen molar-refractivity contribution in [1.82, 2.24) is 4.57 Å². The van der Waals surface area contributed by atoms with Gasteiger partial charge in [0.05, 0.1) is 30.3 Å². The molecule has 0 radical (unpaired) electrons. The molecule has 1 heterocycles. The third kappa shape index (κ3) is 3.05. The van der Waals surface area contributed by atoms with Crippen LogP contribution >= 0.6 is 0 Å². The smallest absolute Gasteiger partial charge is 0.419 e. The minimum atomic E-state index is -3.86. The van der Waals surface area contributed by atoms with Gasteiger partial charge >= 0.3 is 5.76 Å². The zero-order valence-corrected chi connectivity index (χ0v) is 14.6. The lowest BCUT2D eigenvalue weighted by Crippen LogP contribution is -2.13. The van der Waals surface area contributed by atoms with E-state index in [-0.39, 0.29) is 10.6 Å². The van der Waals surface area contributed by atoms with Gasteiger partial charge in [0.2, 0.25) is 0 Å². The van der Waals surface area contributed by atoms with Crippen LogP contribution in [0.3, 0.4) is 0 Å². The molecular weight excluding hydrogens is 348 g/mol. The number of hydrogen-bond donors (Lipinski definition) is 1. The monoisotopic (exact) mass is 364 g/mol. The third-order valence-corrected chi connectivity index (χ3v) is 5.09. The number of oxazole rings is 1. The highest BCUT2D eigenvalue weighted by atomic mass is 32.2. The lowest BCUT2D eigenvalue weighted by atomic mass is 10.3. The van der Waals surface area contributed by atoms with Crippen molar-refractivity contribution in [2.24, 2.45) is 7.05 Å². The van der Waals surface area contributed by atoms with Gasteiger partial charge in [-0.25, -0.2) is 13.2 Å². The maximum Gasteiger partial charge on any atom is 0.419 e. The fourth-order valence-corrected chi connectivity index (χ4v) is 3.46. The summed E-state index contributed by atoms with van der Waals surface area (Å²) in [6.45, 7) is 0. The maximum atomic E-state index is 12.6. The lowest BCUT2D eigenvalue weighted by Gasteiger charge is -2.11. The molecule has 0 unspecified atom stereocenters. The third-order valence-electron chi connectivity index (χ3n) is 3.71. The van der Waals surface area contributed by atoms with E-state index in [2.05, 4.69) is 4.72 Å². The van der Waals surface area contributed by atoms with Crippen LogP contribution in [-0.2, 0) is 17.1 Å². The number of nitrogens with zero attached hydrogens (tertiary/aromatic N) is 1. The molecule has 0 aliphatic carbocycles.